The fourth-order valence-corrected chi connectivity index (χ4v) is 3.89. The highest BCUT2D eigenvalue weighted by molar-refractivity contribution is 7.17. The lowest BCUT2D eigenvalue weighted by Gasteiger charge is -2.00. The highest BCUT2D eigenvalue weighted by Crippen LogP contribution is 2.33. The molecule has 0 bridgehead atoms. The summed E-state index contributed by atoms with van der Waals surface area (Å²) in [6.45, 7) is 3.85. The molecular weight excluding hydrogens is 374 g/mol. The molecule has 0 atom stereocenters. The number of aryl methyl sites for hydroxylation is 1. The Labute approximate surface area is 164 Å². The Balaban J connectivity index is 1.82. The Morgan fingerprint density at radius 1 is 1.32 bits per heavy atom. The third kappa shape index (κ3) is 3.12. The lowest BCUT2D eigenvalue weighted by Crippen LogP contribution is -2.03. The second-order valence-electron chi connectivity index (χ2n) is 6.03. The van der Waals surface area contributed by atoms with Crippen molar-refractivity contribution in [2.45, 2.75) is 13.8 Å². The van der Waals surface area contributed by atoms with E-state index in [1.165, 1.54) is 11.3 Å². The zero-order chi connectivity index (χ0) is 19.7. The third-order valence-electron chi connectivity index (χ3n) is 4.19. The maximum absolute atomic E-state index is 12.1. The van der Waals surface area contributed by atoms with Gasteiger partial charge in [-0.25, -0.2) is 9.78 Å². The van der Waals surface area contributed by atoms with Crippen LogP contribution in [0.5, 0.6) is 0 Å². The molecule has 4 aromatic rings. The summed E-state index contributed by atoms with van der Waals surface area (Å²) in [4.78, 5) is 28.7. The summed E-state index contributed by atoms with van der Waals surface area (Å²) in [5, 5.41) is 11.1. The van der Waals surface area contributed by atoms with Crippen LogP contribution in [0.2, 0.25) is 0 Å². The normalized spacial score (nSPS) is 10.8. The van der Waals surface area contributed by atoms with Gasteiger partial charge < -0.3 is 9.72 Å². The average Bonchev–Trinajstić information content (AvgIpc) is 3.31. The lowest BCUT2D eigenvalue weighted by atomic mass is 10.1. The minimum Gasteiger partial charge on any atom is -0.462 e. The van der Waals surface area contributed by atoms with Crippen LogP contribution in [0.25, 0.3) is 32.9 Å². The van der Waals surface area contributed by atoms with Gasteiger partial charge in [0.1, 0.15) is 21.6 Å². The van der Waals surface area contributed by atoms with Crippen LogP contribution in [0.15, 0.2) is 36.8 Å². The van der Waals surface area contributed by atoms with Crippen molar-refractivity contribution in [2.75, 3.05) is 6.61 Å². The van der Waals surface area contributed by atoms with Crippen molar-refractivity contribution in [3.05, 3.63) is 52.9 Å². The number of nitrogens with one attached hydrogen (secondary N) is 1. The number of esters is 1. The number of benzene rings is 1. The number of thiazole rings is 1. The average molecular weight is 389 g/mol. The molecule has 7 nitrogen and oxygen atoms in total. The van der Waals surface area contributed by atoms with Gasteiger partial charge in [-0.1, -0.05) is 0 Å². The number of ether oxygens (including phenoxy) is 1. The van der Waals surface area contributed by atoms with E-state index in [0.717, 1.165) is 22.2 Å². The molecular formula is C20H15N5O2S. The number of aromatic nitrogens is 4. The standard InChI is InChI=1S/C20H15N5O2S/c1-3-27-20(26)18-11(2)24-19(28-18)13-6-12-8-15(16-10-22-4-5-23-16)25-17(12)14(7-13)9-21/h4-8,10,25H,3H2,1-2H3. The molecule has 0 saturated heterocycles. The molecule has 1 aromatic carbocycles. The van der Waals surface area contributed by atoms with Gasteiger partial charge in [0.25, 0.3) is 0 Å². The quantitative estimate of drug-likeness (QED) is 0.527. The van der Waals surface area contributed by atoms with E-state index < -0.39 is 0 Å². The molecule has 0 fully saturated rings. The zero-order valence-corrected chi connectivity index (χ0v) is 16.0. The summed E-state index contributed by atoms with van der Waals surface area (Å²) in [7, 11) is 0. The smallest absolute Gasteiger partial charge is 0.350 e. The fourth-order valence-electron chi connectivity index (χ4n) is 2.94. The van der Waals surface area contributed by atoms with Crippen LogP contribution in [-0.2, 0) is 4.74 Å². The molecule has 0 aliphatic rings. The van der Waals surface area contributed by atoms with Crippen LogP contribution in [0.4, 0.5) is 0 Å². The molecule has 8 heteroatoms. The van der Waals surface area contributed by atoms with E-state index >= 15 is 0 Å². The molecule has 0 amide bonds. The molecule has 0 spiro atoms. The predicted molar refractivity (Wildman–Crippen MR) is 106 cm³/mol. The number of nitrogens with zero attached hydrogens (tertiary/aromatic N) is 4. The summed E-state index contributed by atoms with van der Waals surface area (Å²) >= 11 is 1.26. The fraction of sp³-hybridized carbons (Fsp3) is 0.150. The highest BCUT2D eigenvalue weighted by atomic mass is 32.1. The number of carbonyl (C=O) groups is 1. The van der Waals surface area contributed by atoms with Crippen LogP contribution in [0, 0.1) is 18.3 Å². The highest BCUT2D eigenvalue weighted by Gasteiger charge is 2.19. The van der Waals surface area contributed by atoms with Gasteiger partial charge >= 0.3 is 5.97 Å². The summed E-state index contributed by atoms with van der Waals surface area (Å²) in [5.74, 6) is -0.378. The number of rotatable bonds is 4. The van der Waals surface area contributed by atoms with Gasteiger partial charge in [-0.2, -0.15) is 5.26 Å². The Hall–Kier alpha value is -3.57. The van der Waals surface area contributed by atoms with Crippen LogP contribution in [0.3, 0.4) is 0 Å². The first-order valence-corrected chi connectivity index (χ1v) is 9.40. The molecule has 3 aromatic heterocycles. The summed E-state index contributed by atoms with van der Waals surface area (Å²) in [5.41, 5.74) is 4.08. The molecule has 3 heterocycles. The Morgan fingerprint density at radius 2 is 2.18 bits per heavy atom. The molecule has 0 unspecified atom stereocenters. The maximum Gasteiger partial charge on any atom is 0.350 e. The molecule has 28 heavy (non-hydrogen) atoms. The van der Waals surface area contributed by atoms with Gasteiger partial charge in [0.15, 0.2) is 0 Å². The summed E-state index contributed by atoms with van der Waals surface area (Å²) in [6, 6.07) is 7.87. The van der Waals surface area contributed by atoms with Crippen LogP contribution >= 0.6 is 11.3 Å². The van der Waals surface area contributed by atoms with Crippen molar-refractivity contribution in [2.24, 2.45) is 0 Å². The molecule has 0 saturated carbocycles. The second kappa shape index (κ2) is 7.21. The number of hydrogen-bond donors (Lipinski definition) is 1. The van der Waals surface area contributed by atoms with Crippen LogP contribution < -0.4 is 0 Å². The van der Waals surface area contributed by atoms with Crippen molar-refractivity contribution in [3.63, 3.8) is 0 Å². The zero-order valence-electron chi connectivity index (χ0n) is 15.2. The van der Waals surface area contributed by atoms with Gasteiger partial charge in [0, 0.05) is 23.3 Å². The van der Waals surface area contributed by atoms with E-state index in [-0.39, 0.29) is 5.97 Å². The number of nitriles is 1. The Morgan fingerprint density at radius 3 is 2.89 bits per heavy atom. The number of fused-ring (bicyclic) bond motifs is 1. The molecule has 0 radical (unpaired) electrons. The first kappa shape index (κ1) is 17.8. The van der Waals surface area contributed by atoms with Crippen molar-refractivity contribution < 1.29 is 9.53 Å². The Kier molecular flexibility index (Phi) is 4.59. The van der Waals surface area contributed by atoms with E-state index in [2.05, 4.69) is 26.0 Å². The molecule has 1 N–H and O–H groups in total. The van der Waals surface area contributed by atoms with E-state index in [4.69, 9.17) is 4.74 Å². The maximum atomic E-state index is 12.1. The largest absolute Gasteiger partial charge is 0.462 e. The van der Waals surface area contributed by atoms with E-state index in [1.54, 1.807) is 38.5 Å². The van der Waals surface area contributed by atoms with Crippen LogP contribution in [-0.4, -0.2) is 32.5 Å². The van der Waals surface area contributed by atoms with E-state index in [9.17, 15) is 10.1 Å². The van der Waals surface area contributed by atoms with Crippen molar-refractivity contribution in [1.82, 2.24) is 19.9 Å². The van der Waals surface area contributed by atoms with Gasteiger partial charge in [-0.3, -0.25) is 9.97 Å². The first-order valence-electron chi connectivity index (χ1n) is 8.59. The number of carbonyl (C=O) groups excluding carboxylic acids is 1. The van der Waals surface area contributed by atoms with Crippen LogP contribution in [0.1, 0.15) is 27.9 Å². The molecule has 0 aliphatic heterocycles. The molecule has 138 valence electrons. The lowest BCUT2D eigenvalue weighted by molar-refractivity contribution is 0.0531. The second-order valence-corrected chi connectivity index (χ2v) is 7.03. The van der Waals surface area contributed by atoms with Gasteiger partial charge in [0.05, 0.1) is 35.3 Å². The van der Waals surface area contributed by atoms with E-state index in [0.29, 0.717) is 33.4 Å². The summed E-state index contributed by atoms with van der Waals surface area (Å²) < 4.78 is 5.09. The predicted octanol–water partition coefficient (Wildman–Crippen LogP) is 4.11. The molecule has 0 aliphatic carbocycles. The summed E-state index contributed by atoms with van der Waals surface area (Å²) in [6.07, 6.45) is 4.89. The monoisotopic (exact) mass is 389 g/mol. The van der Waals surface area contributed by atoms with Gasteiger partial charge in [-0.05, 0) is 32.0 Å². The molecule has 4 rings (SSSR count). The third-order valence-corrected chi connectivity index (χ3v) is 5.38. The van der Waals surface area contributed by atoms with Gasteiger partial charge in [0.2, 0.25) is 0 Å². The number of hydrogen-bond acceptors (Lipinski definition) is 7. The SMILES string of the molecule is CCOC(=O)c1sc(-c2cc(C#N)c3[nH]c(-c4cnccn4)cc3c2)nc1C. The van der Waals surface area contributed by atoms with Crippen molar-refractivity contribution in [1.29, 1.82) is 5.26 Å². The number of H-pyrrole nitrogens is 1. The van der Waals surface area contributed by atoms with Crippen molar-refractivity contribution in [3.8, 4) is 28.0 Å². The van der Waals surface area contributed by atoms with Gasteiger partial charge in [-0.15, -0.1) is 11.3 Å². The first-order chi connectivity index (χ1) is 13.6. The Bertz CT molecular complexity index is 1220. The minimum absolute atomic E-state index is 0.310. The topological polar surface area (TPSA) is 105 Å². The minimum atomic E-state index is -0.378. The van der Waals surface area contributed by atoms with E-state index in [1.807, 2.05) is 12.1 Å². The number of aromatic amines is 1. The van der Waals surface area contributed by atoms with Crippen molar-refractivity contribution >= 4 is 28.2 Å².